The predicted molar refractivity (Wildman–Crippen MR) is 69.9 cm³/mol. The van der Waals surface area contributed by atoms with Gasteiger partial charge < -0.3 is 10.4 Å². The zero-order valence-corrected chi connectivity index (χ0v) is 11.8. The second kappa shape index (κ2) is 5.17. The molecule has 0 spiro atoms. The SMILES string of the molecule is CC(NC(=O)CN1C(=O)c2ccccc2S1(=O)=O)C(=O)O. The number of sulfonamides is 1. The molecule has 1 aromatic carbocycles. The Hall–Kier alpha value is -2.42. The lowest BCUT2D eigenvalue weighted by Gasteiger charge is -2.16. The van der Waals surface area contributed by atoms with E-state index in [0.717, 1.165) is 0 Å². The third-order valence-corrected chi connectivity index (χ3v) is 4.73. The van der Waals surface area contributed by atoms with Crippen molar-refractivity contribution in [1.29, 1.82) is 0 Å². The molecule has 0 bridgehead atoms. The number of nitrogens with one attached hydrogen (secondary N) is 1. The number of carboxylic acids is 1. The summed E-state index contributed by atoms with van der Waals surface area (Å²) in [5, 5.41) is 10.8. The van der Waals surface area contributed by atoms with Crippen molar-refractivity contribution in [3.8, 4) is 0 Å². The maximum atomic E-state index is 12.2. The molecule has 1 aliphatic rings. The molecule has 0 fully saturated rings. The van der Waals surface area contributed by atoms with Gasteiger partial charge in [-0.1, -0.05) is 12.1 Å². The minimum Gasteiger partial charge on any atom is -0.480 e. The first-order chi connectivity index (χ1) is 9.75. The average molecular weight is 312 g/mol. The maximum absolute atomic E-state index is 12.2. The Morgan fingerprint density at radius 3 is 2.52 bits per heavy atom. The number of nitrogens with zero attached hydrogens (tertiary/aromatic N) is 1. The number of hydrogen-bond acceptors (Lipinski definition) is 5. The lowest BCUT2D eigenvalue weighted by molar-refractivity contribution is -0.141. The number of amides is 2. The molecule has 2 amide bonds. The summed E-state index contributed by atoms with van der Waals surface area (Å²) in [5.41, 5.74) is -0.00316. The normalized spacial score (nSPS) is 17.2. The van der Waals surface area contributed by atoms with Crippen LogP contribution in [-0.2, 0) is 19.6 Å². The van der Waals surface area contributed by atoms with Crippen molar-refractivity contribution in [3.63, 3.8) is 0 Å². The van der Waals surface area contributed by atoms with E-state index in [-0.39, 0.29) is 10.5 Å². The Morgan fingerprint density at radius 2 is 1.95 bits per heavy atom. The first-order valence-electron chi connectivity index (χ1n) is 5.93. The molecule has 1 unspecified atom stereocenters. The fourth-order valence-corrected chi connectivity index (χ4v) is 3.39. The Balaban J connectivity index is 2.22. The van der Waals surface area contributed by atoms with Gasteiger partial charge in [0.1, 0.15) is 17.5 Å². The molecule has 0 saturated carbocycles. The van der Waals surface area contributed by atoms with Gasteiger partial charge in [-0.25, -0.2) is 12.7 Å². The van der Waals surface area contributed by atoms with Crippen LogP contribution in [0, 0.1) is 0 Å². The van der Waals surface area contributed by atoms with E-state index in [1.165, 1.54) is 31.2 Å². The zero-order valence-electron chi connectivity index (χ0n) is 10.9. The molecule has 8 nitrogen and oxygen atoms in total. The Morgan fingerprint density at radius 1 is 1.33 bits per heavy atom. The molecule has 1 aromatic rings. The second-order valence-corrected chi connectivity index (χ2v) is 6.27. The van der Waals surface area contributed by atoms with E-state index in [1.54, 1.807) is 0 Å². The van der Waals surface area contributed by atoms with Crippen LogP contribution in [0.15, 0.2) is 29.2 Å². The van der Waals surface area contributed by atoms with Gasteiger partial charge in [-0.05, 0) is 19.1 Å². The molecule has 0 saturated heterocycles. The third-order valence-electron chi connectivity index (χ3n) is 2.95. The van der Waals surface area contributed by atoms with Crippen LogP contribution < -0.4 is 5.32 Å². The van der Waals surface area contributed by atoms with Crippen molar-refractivity contribution in [2.45, 2.75) is 17.9 Å². The van der Waals surface area contributed by atoms with Crippen LogP contribution in [0.25, 0.3) is 0 Å². The molecule has 21 heavy (non-hydrogen) atoms. The number of hydrogen-bond donors (Lipinski definition) is 2. The van der Waals surface area contributed by atoms with Crippen LogP contribution in [0.3, 0.4) is 0 Å². The Bertz CT molecular complexity index is 727. The summed E-state index contributed by atoms with van der Waals surface area (Å²) in [7, 11) is -4.07. The van der Waals surface area contributed by atoms with E-state index < -0.39 is 40.4 Å². The molecule has 0 aliphatic carbocycles. The van der Waals surface area contributed by atoms with Gasteiger partial charge in [0.25, 0.3) is 15.9 Å². The number of benzene rings is 1. The quantitative estimate of drug-likeness (QED) is 0.767. The van der Waals surface area contributed by atoms with E-state index in [2.05, 4.69) is 5.32 Å². The number of aliphatic carboxylic acids is 1. The first-order valence-corrected chi connectivity index (χ1v) is 7.37. The fraction of sp³-hybridized carbons (Fsp3) is 0.250. The summed E-state index contributed by atoms with van der Waals surface area (Å²) in [6, 6.07) is 4.44. The standard InChI is InChI=1S/C12H12N2O6S/c1-7(12(17)18)13-10(15)6-14-11(16)8-4-2-3-5-9(8)21(14,19)20/h2-5,7H,6H2,1H3,(H,13,15)(H,17,18). The first kappa shape index (κ1) is 15.0. The highest BCUT2D eigenvalue weighted by Gasteiger charge is 2.41. The molecular formula is C12H12N2O6S. The molecule has 112 valence electrons. The predicted octanol–water partition coefficient (Wildman–Crippen LogP) is -0.580. The molecule has 1 atom stereocenters. The lowest BCUT2D eigenvalue weighted by Crippen LogP contribution is -2.45. The summed E-state index contributed by atoms with van der Waals surface area (Å²) in [6.07, 6.45) is 0. The maximum Gasteiger partial charge on any atom is 0.325 e. The van der Waals surface area contributed by atoms with E-state index >= 15 is 0 Å². The molecule has 0 aromatic heterocycles. The third kappa shape index (κ3) is 2.59. The molecule has 9 heteroatoms. The van der Waals surface area contributed by atoms with Gasteiger partial charge in [0.15, 0.2) is 0 Å². The van der Waals surface area contributed by atoms with E-state index in [4.69, 9.17) is 5.11 Å². The van der Waals surface area contributed by atoms with Gasteiger partial charge in [0.2, 0.25) is 5.91 Å². The molecule has 1 aliphatic heterocycles. The summed E-state index contributed by atoms with van der Waals surface area (Å²) in [5.74, 6) is -2.93. The van der Waals surface area contributed by atoms with Crippen molar-refractivity contribution >= 4 is 27.8 Å². The van der Waals surface area contributed by atoms with Crippen LogP contribution in [0.5, 0.6) is 0 Å². The highest BCUT2D eigenvalue weighted by molar-refractivity contribution is 7.90. The summed E-state index contributed by atoms with van der Waals surface area (Å²) >= 11 is 0. The van der Waals surface area contributed by atoms with Gasteiger partial charge in [0, 0.05) is 0 Å². The van der Waals surface area contributed by atoms with Gasteiger partial charge in [-0.3, -0.25) is 14.4 Å². The van der Waals surface area contributed by atoms with E-state index in [9.17, 15) is 22.8 Å². The van der Waals surface area contributed by atoms with Crippen molar-refractivity contribution < 1.29 is 27.9 Å². The van der Waals surface area contributed by atoms with Gasteiger partial charge in [0.05, 0.1) is 5.56 Å². The van der Waals surface area contributed by atoms with Crippen LogP contribution in [-0.4, -0.2) is 48.2 Å². The van der Waals surface area contributed by atoms with Gasteiger partial charge in [-0.2, -0.15) is 0 Å². The summed E-state index contributed by atoms with van der Waals surface area (Å²) < 4.78 is 24.7. The van der Waals surface area contributed by atoms with Crippen molar-refractivity contribution in [1.82, 2.24) is 9.62 Å². The zero-order chi connectivity index (χ0) is 15.8. The average Bonchev–Trinajstić information content (AvgIpc) is 2.60. The highest BCUT2D eigenvalue weighted by Crippen LogP contribution is 2.29. The van der Waals surface area contributed by atoms with Crippen molar-refractivity contribution in [2.24, 2.45) is 0 Å². The van der Waals surface area contributed by atoms with Crippen LogP contribution in [0.1, 0.15) is 17.3 Å². The largest absolute Gasteiger partial charge is 0.480 e. The molecule has 1 heterocycles. The van der Waals surface area contributed by atoms with E-state index in [0.29, 0.717) is 4.31 Å². The summed E-state index contributed by atoms with van der Waals surface area (Å²) in [4.78, 5) is 34.2. The van der Waals surface area contributed by atoms with Crippen LogP contribution in [0.2, 0.25) is 0 Å². The van der Waals surface area contributed by atoms with Crippen LogP contribution >= 0.6 is 0 Å². The number of rotatable bonds is 4. The molecule has 2 rings (SSSR count). The molecular weight excluding hydrogens is 300 g/mol. The fourth-order valence-electron chi connectivity index (χ4n) is 1.87. The van der Waals surface area contributed by atoms with E-state index in [1.807, 2.05) is 0 Å². The van der Waals surface area contributed by atoms with Crippen molar-refractivity contribution in [3.05, 3.63) is 29.8 Å². The lowest BCUT2D eigenvalue weighted by atomic mass is 10.2. The number of carboxylic acid groups (broad SMARTS) is 1. The second-order valence-electron chi connectivity index (χ2n) is 4.44. The van der Waals surface area contributed by atoms with Crippen molar-refractivity contribution in [2.75, 3.05) is 6.54 Å². The minimum absolute atomic E-state index is 0.00316. The molecule has 2 N–H and O–H groups in total. The highest BCUT2D eigenvalue weighted by atomic mass is 32.2. The Labute approximate surface area is 120 Å². The van der Waals surface area contributed by atoms with Gasteiger partial charge in [-0.15, -0.1) is 0 Å². The van der Waals surface area contributed by atoms with Crippen LogP contribution in [0.4, 0.5) is 0 Å². The smallest absolute Gasteiger partial charge is 0.325 e. The van der Waals surface area contributed by atoms with Gasteiger partial charge >= 0.3 is 5.97 Å². The summed E-state index contributed by atoms with van der Waals surface area (Å²) in [6.45, 7) is 0.475. The minimum atomic E-state index is -4.07. The topological polar surface area (TPSA) is 121 Å². The molecule has 0 radical (unpaired) electrons. The number of fused-ring (bicyclic) bond motifs is 1. The monoisotopic (exact) mass is 312 g/mol. The number of carbonyl (C=O) groups excluding carboxylic acids is 2. The number of carbonyl (C=O) groups is 3. The Kier molecular flexibility index (Phi) is 3.69.